The maximum absolute atomic E-state index is 13.6. The van der Waals surface area contributed by atoms with Crippen LogP contribution in [0.15, 0.2) is 67.2 Å². The number of nitrogens with zero attached hydrogens (tertiary/aromatic N) is 2. The molecule has 8 atom stereocenters. The maximum Gasteiger partial charge on any atom is 0.234 e. The standard InChI is InChI=1S/C63H114N14O3/c1-5-8-25-56(71-42-55(67-32-6-2)27-16-18-35-69-63(80)49-76(7-3)37-38-78)43-73-58-30-31-62(79)68-34-17-15-26-54(41-64)70-45-59(39-51(4)53-23-13-10-14-24-53)74-44-57(28-19-33-66-50-65)72-46-60(40-52-21-11-9-12-22-52)75-47-61-29-20-36-77(61)48-58/h9-14,21-24,38,54-61,66-67,70-75H,4-8,15-20,25-37,39-50,64-65H2,1-3H3,(H,68,79)(H,69,80)/t54-,55-,56-,57-,58-,59-,60+,61-/m0/s1. The Balaban J connectivity index is 1.48. The smallest absolute Gasteiger partial charge is 0.234 e. The molecule has 2 aliphatic heterocycles. The summed E-state index contributed by atoms with van der Waals surface area (Å²) in [4.78, 5) is 41.6. The summed E-state index contributed by atoms with van der Waals surface area (Å²) in [6.45, 7) is 23.4. The number of amides is 2. The number of aldehydes is 1. The predicted molar refractivity (Wildman–Crippen MR) is 334 cm³/mol. The molecule has 2 fully saturated rings. The Labute approximate surface area is 485 Å². The lowest BCUT2D eigenvalue weighted by Gasteiger charge is -2.33. The molecule has 2 aromatic rings. The van der Waals surface area contributed by atoms with Gasteiger partial charge in [0, 0.05) is 127 Å². The average Bonchev–Trinajstić information content (AvgIpc) is 3.93. The third kappa shape index (κ3) is 30.6. The van der Waals surface area contributed by atoms with E-state index in [2.05, 4.69) is 139 Å². The molecule has 17 nitrogen and oxygen atoms in total. The summed E-state index contributed by atoms with van der Waals surface area (Å²) in [5, 5.41) is 37.5. The first-order chi connectivity index (χ1) is 39.2. The van der Waals surface area contributed by atoms with Gasteiger partial charge in [-0.15, -0.1) is 0 Å². The molecule has 454 valence electrons. The fraction of sp³-hybridized carbons (Fsp3) is 0.730. The summed E-state index contributed by atoms with van der Waals surface area (Å²) in [6.07, 6.45) is 18.5. The van der Waals surface area contributed by atoms with Gasteiger partial charge in [0.1, 0.15) is 6.29 Å². The second kappa shape index (κ2) is 43.9. The molecule has 14 N–H and O–H groups in total. The van der Waals surface area contributed by atoms with E-state index in [9.17, 15) is 14.4 Å². The summed E-state index contributed by atoms with van der Waals surface area (Å²) < 4.78 is 0. The minimum Gasteiger partial charge on any atom is -0.356 e. The van der Waals surface area contributed by atoms with Gasteiger partial charge in [0.05, 0.1) is 13.1 Å². The average molecular weight is 1120 g/mol. The molecule has 2 aromatic carbocycles. The van der Waals surface area contributed by atoms with Gasteiger partial charge < -0.3 is 69.4 Å². The molecule has 0 radical (unpaired) electrons. The zero-order valence-corrected chi connectivity index (χ0v) is 50.2. The fourth-order valence-electron chi connectivity index (χ4n) is 11.2. The van der Waals surface area contributed by atoms with Gasteiger partial charge in [-0.05, 0) is 126 Å². The van der Waals surface area contributed by atoms with Crippen LogP contribution in [-0.4, -0.2) is 188 Å². The molecular formula is C63H114N14O3. The van der Waals surface area contributed by atoms with Crippen molar-refractivity contribution in [2.45, 2.75) is 185 Å². The van der Waals surface area contributed by atoms with Crippen LogP contribution in [0, 0.1) is 0 Å². The normalized spacial score (nSPS) is 22.6. The van der Waals surface area contributed by atoms with E-state index < -0.39 is 0 Å². The first-order valence-electron chi connectivity index (χ1n) is 31.6. The molecule has 0 unspecified atom stereocenters. The lowest BCUT2D eigenvalue weighted by molar-refractivity contribution is -0.123. The molecule has 17 heteroatoms. The molecule has 0 saturated carbocycles. The van der Waals surface area contributed by atoms with Crippen molar-refractivity contribution in [3.8, 4) is 0 Å². The quantitative estimate of drug-likeness (QED) is 0.0273. The van der Waals surface area contributed by atoms with Gasteiger partial charge in [-0.2, -0.15) is 0 Å². The van der Waals surface area contributed by atoms with Crippen molar-refractivity contribution in [2.75, 3.05) is 111 Å². The number of unbranched alkanes of at least 4 members (excludes halogenated alkanes) is 2. The van der Waals surface area contributed by atoms with E-state index in [4.69, 9.17) is 11.5 Å². The van der Waals surface area contributed by atoms with Gasteiger partial charge in [0.25, 0.3) is 0 Å². The zero-order valence-electron chi connectivity index (χ0n) is 50.2. The van der Waals surface area contributed by atoms with Crippen LogP contribution < -0.4 is 64.6 Å². The molecule has 0 aliphatic carbocycles. The third-order valence-electron chi connectivity index (χ3n) is 16.3. The van der Waals surface area contributed by atoms with Crippen molar-refractivity contribution in [3.63, 3.8) is 0 Å². The molecular weight excluding hydrogens is 1000 g/mol. The molecule has 80 heavy (non-hydrogen) atoms. The summed E-state index contributed by atoms with van der Waals surface area (Å²) in [5.41, 5.74) is 15.9. The number of likely N-dealkylation sites (N-methyl/N-ethyl adjacent to an activating group) is 1. The van der Waals surface area contributed by atoms with E-state index in [1.54, 1.807) is 0 Å². The highest BCUT2D eigenvalue weighted by atomic mass is 16.2. The molecule has 2 aliphatic rings. The molecule has 2 heterocycles. The number of carbonyl (C=O) groups excluding carboxylic acids is 3. The van der Waals surface area contributed by atoms with Crippen molar-refractivity contribution in [2.24, 2.45) is 11.5 Å². The topological polar surface area (TPSA) is 230 Å². The van der Waals surface area contributed by atoms with E-state index in [0.717, 1.165) is 180 Å². The van der Waals surface area contributed by atoms with Gasteiger partial charge in [-0.1, -0.05) is 114 Å². The molecule has 2 saturated heterocycles. The second-order valence-corrected chi connectivity index (χ2v) is 22.9. The van der Waals surface area contributed by atoms with Gasteiger partial charge in [0.15, 0.2) is 0 Å². The highest BCUT2D eigenvalue weighted by Crippen LogP contribution is 2.20. The summed E-state index contributed by atoms with van der Waals surface area (Å²) in [5.74, 6) is 0.102. The zero-order chi connectivity index (χ0) is 57.3. The number of fused-ring (bicyclic) bond motifs is 1. The van der Waals surface area contributed by atoms with Crippen LogP contribution >= 0.6 is 0 Å². The first kappa shape index (κ1) is 68.8. The van der Waals surface area contributed by atoms with Crippen molar-refractivity contribution >= 4 is 23.7 Å². The van der Waals surface area contributed by atoms with Crippen molar-refractivity contribution in [1.29, 1.82) is 0 Å². The van der Waals surface area contributed by atoms with Crippen molar-refractivity contribution < 1.29 is 14.4 Å². The number of nitrogens with one attached hydrogen (secondary N) is 10. The minimum atomic E-state index is -0.0259. The lowest BCUT2D eigenvalue weighted by atomic mass is 9.99. The van der Waals surface area contributed by atoms with Crippen LogP contribution in [0.2, 0.25) is 0 Å². The Morgan fingerprint density at radius 2 is 1.50 bits per heavy atom. The summed E-state index contributed by atoms with van der Waals surface area (Å²) >= 11 is 0. The third-order valence-corrected chi connectivity index (χ3v) is 16.3. The highest BCUT2D eigenvalue weighted by Gasteiger charge is 2.29. The van der Waals surface area contributed by atoms with E-state index in [1.807, 2.05) is 11.8 Å². The van der Waals surface area contributed by atoms with Crippen LogP contribution in [-0.2, 0) is 20.8 Å². The molecule has 2 amide bonds. The van der Waals surface area contributed by atoms with Crippen LogP contribution in [0.4, 0.5) is 0 Å². The van der Waals surface area contributed by atoms with Crippen molar-refractivity contribution in [3.05, 3.63) is 78.4 Å². The van der Waals surface area contributed by atoms with Crippen LogP contribution in [0.1, 0.15) is 141 Å². The number of benzene rings is 2. The van der Waals surface area contributed by atoms with E-state index in [1.165, 1.54) is 17.5 Å². The lowest BCUT2D eigenvalue weighted by Crippen LogP contribution is -2.53. The summed E-state index contributed by atoms with van der Waals surface area (Å²) in [7, 11) is 0. The van der Waals surface area contributed by atoms with E-state index in [0.29, 0.717) is 57.4 Å². The molecule has 0 bridgehead atoms. The van der Waals surface area contributed by atoms with E-state index in [-0.39, 0.29) is 55.1 Å². The van der Waals surface area contributed by atoms with Crippen LogP contribution in [0.25, 0.3) is 5.57 Å². The van der Waals surface area contributed by atoms with Gasteiger partial charge >= 0.3 is 0 Å². The predicted octanol–water partition coefficient (Wildman–Crippen LogP) is 4.24. The van der Waals surface area contributed by atoms with Gasteiger partial charge in [-0.25, -0.2) is 0 Å². The molecule has 0 aromatic heterocycles. The number of nitrogens with two attached hydrogens (primary N) is 2. The summed E-state index contributed by atoms with van der Waals surface area (Å²) in [6, 6.07) is 23.4. The van der Waals surface area contributed by atoms with E-state index >= 15 is 0 Å². The Bertz CT molecular complexity index is 1890. The highest BCUT2D eigenvalue weighted by molar-refractivity contribution is 5.78. The first-order valence-corrected chi connectivity index (χ1v) is 31.6. The van der Waals surface area contributed by atoms with Gasteiger partial charge in [0.2, 0.25) is 11.8 Å². The Kier molecular flexibility index (Phi) is 37.8. The fourth-order valence-corrected chi connectivity index (χ4v) is 11.2. The molecule has 0 spiro atoms. The second-order valence-electron chi connectivity index (χ2n) is 22.9. The van der Waals surface area contributed by atoms with Crippen LogP contribution in [0.3, 0.4) is 0 Å². The number of carbonyl (C=O) groups is 3. The number of hydrogen-bond donors (Lipinski definition) is 12. The maximum atomic E-state index is 13.6. The monoisotopic (exact) mass is 1110 g/mol. The Morgan fingerprint density at radius 1 is 0.775 bits per heavy atom. The SMILES string of the molecule is C=C(C[C@H]1CN[C@H](CN)CCCCNC(=O)CC[C@H](NC[C@H](CCCC)NC[C@H](CCCCNC(=O)CN(CC)CC=O)NCCC)CN2CCC[C@H]2CN[C@H](Cc2ccccc2)CN[C@@H](CCCNCN)CN1)c1ccccc1. The number of hydrogen-bond acceptors (Lipinski definition) is 15. The molecule has 4 rings (SSSR count). The largest absolute Gasteiger partial charge is 0.356 e. The minimum absolute atomic E-state index is 0.0259. The number of rotatable bonds is 33. The van der Waals surface area contributed by atoms with Crippen LogP contribution in [0.5, 0.6) is 0 Å². The Hall–Kier alpha value is -3.69. The van der Waals surface area contributed by atoms with Crippen molar-refractivity contribution in [1.82, 2.24) is 63.0 Å². The van der Waals surface area contributed by atoms with Gasteiger partial charge in [-0.3, -0.25) is 19.4 Å². The Morgan fingerprint density at radius 3 is 2.25 bits per heavy atom.